The van der Waals surface area contributed by atoms with E-state index in [0.717, 1.165) is 6.07 Å². The number of ether oxygens (including phenoxy) is 1. The summed E-state index contributed by atoms with van der Waals surface area (Å²) in [4.78, 5) is 0. The maximum atomic E-state index is 13.3. The molecular weight excluding hydrogens is 241 g/mol. The van der Waals surface area contributed by atoms with Crippen molar-refractivity contribution in [3.63, 3.8) is 0 Å². The van der Waals surface area contributed by atoms with Crippen LogP contribution in [0.4, 0.5) is 13.2 Å². The topological polar surface area (TPSA) is 9.23 Å². The van der Waals surface area contributed by atoms with Gasteiger partial charge in [0.05, 0.1) is 11.4 Å². The molecule has 0 amide bonds. The largest absolute Gasteiger partial charge is 0.488 e. The van der Waals surface area contributed by atoms with Gasteiger partial charge < -0.3 is 4.74 Å². The van der Waals surface area contributed by atoms with E-state index in [1.807, 2.05) is 0 Å². The molecule has 0 unspecified atom stereocenters. The van der Waals surface area contributed by atoms with Crippen LogP contribution in [0.15, 0.2) is 18.2 Å². The van der Waals surface area contributed by atoms with Crippen molar-refractivity contribution in [3.05, 3.63) is 29.6 Å². The van der Waals surface area contributed by atoms with Crippen LogP contribution in [0.5, 0.6) is 5.75 Å². The zero-order valence-electron chi connectivity index (χ0n) is 8.14. The van der Waals surface area contributed by atoms with Crippen LogP contribution in [0.25, 0.3) is 0 Å². The Bertz CT molecular complexity index is 409. The van der Waals surface area contributed by atoms with Crippen molar-refractivity contribution in [1.29, 1.82) is 0 Å². The van der Waals surface area contributed by atoms with Gasteiger partial charge in [0.15, 0.2) is 0 Å². The van der Waals surface area contributed by atoms with Crippen LogP contribution >= 0.6 is 11.6 Å². The fraction of sp³-hybridized carbons (Fsp3) is 0.273. The molecule has 0 spiro atoms. The molecule has 0 saturated heterocycles. The molecule has 0 radical (unpaired) electrons. The van der Waals surface area contributed by atoms with E-state index in [9.17, 15) is 13.2 Å². The number of hydrogen-bond acceptors (Lipinski definition) is 1. The standard InChI is InChI=1S/C11H8ClF3O/c12-5-1-2-8-3-4-9(6-10(8)13)16-7-11(14)15/h3-4,6,11H,5,7H2. The second-order valence-electron chi connectivity index (χ2n) is 2.78. The van der Waals surface area contributed by atoms with Crippen LogP contribution in [0, 0.1) is 17.7 Å². The predicted molar refractivity (Wildman–Crippen MR) is 55.5 cm³/mol. The molecule has 0 aliphatic heterocycles. The Morgan fingerprint density at radius 2 is 2.12 bits per heavy atom. The van der Waals surface area contributed by atoms with E-state index in [-0.39, 0.29) is 17.2 Å². The van der Waals surface area contributed by atoms with Crippen molar-refractivity contribution in [2.24, 2.45) is 0 Å². The smallest absolute Gasteiger partial charge is 0.272 e. The highest BCUT2D eigenvalue weighted by Gasteiger charge is 2.06. The molecule has 0 heterocycles. The Hall–Kier alpha value is -1.34. The number of halogens is 4. The molecule has 5 heteroatoms. The van der Waals surface area contributed by atoms with Crippen molar-refractivity contribution in [3.8, 4) is 17.6 Å². The normalized spacial score (nSPS) is 9.81. The molecule has 1 rings (SSSR count). The molecule has 0 aliphatic carbocycles. The van der Waals surface area contributed by atoms with Crippen LogP contribution in [0.3, 0.4) is 0 Å². The second kappa shape index (κ2) is 6.29. The van der Waals surface area contributed by atoms with Crippen LogP contribution < -0.4 is 4.74 Å². The first-order chi connectivity index (χ1) is 7.63. The molecule has 16 heavy (non-hydrogen) atoms. The number of benzene rings is 1. The third kappa shape index (κ3) is 4.03. The van der Waals surface area contributed by atoms with Crippen molar-refractivity contribution in [1.82, 2.24) is 0 Å². The highest BCUT2D eigenvalue weighted by Crippen LogP contribution is 2.16. The minimum atomic E-state index is -2.58. The van der Waals surface area contributed by atoms with Gasteiger partial charge in [-0.25, -0.2) is 13.2 Å². The van der Waals surface area contributed by atoms with Gasteiger partial charge in [0.2, 0.25) is 0 Å². The molecule has 0 N–H and O–H groups in total. The van der Waals surface area contributed by atoms with E-state index in [0.29, 0.717) is 0 Å². The minimum absolute atomic E-state index is 0.0502. The van der Waals surface area contributed by atoms with Gasteiger partial charge in [0.25, 0.3) is 6.43 Å². The SMILES string of the molecule is Fc1cc(OCC(F)F)ccc1C#CCCl. The second-order valence-corrected chi connectivity index (χ2v) is 3.05. The first-order valence-electron chi connectivity index (χ1n) is 4.39. The lowest BCUT2D eigenvalue weighted by molar-refractivity contribution is 0.0817. The van der Waals surface area contributed by atoms with E-state index >= 15 is 0 Å². The summed E-state index contributed by atoms with van der Waals surface area (Å²) in [6, 6.07) is 3.75. The van der Waals surface area contributed by atoms with Gasteiger partial charge in [-0.1, -0.05) is 11.8 Å². The molecule has 0 atom stereocenters. The molecular formula is C11H8ClF3O. The van der Waals surface area contributed by atoms with Crippen LogP contribution in [-0.4, -0.2) is 18.9 Å². The van der Waals surface area contributed by atoms with Crippen LogP contribution in [0.2, 0.25) is 0 Å². The van der Waals surface area contributed by atoms with Gasteiger partial charge >= 0.3 is 0 Å². The van der Waals surface area contributed by atoms with Gasteiger partial charge in [-0.05, 0) is 12.1 Å². The van der Waals surface area contributed by atoms with Gasteiger partial charge in [-0.15, -0.1) is 11.6 Å². The Labute approximate surface area is 96.2 Å². The summed E-state index contributed by atoms with van der Waals surface area (Å²) in [5.41, 5.74) is 0.157. The molecule has 0 fully saturated rings. The molecule has 0 aromatic heterocycles. The molecule has 0 aliphatic rings. The summed E-state index contributed by atoms with van der Waals surface area (Å²) < 4.78 is 41.6. The molecule has 0 saturated carbocycles. The molecule has 1 aromatic carbocycles. The van der Waals surface area contributed by atoms with Crippen molar-refractivity contribution >= 4 is 11.6 Å². The fourth-order valence-corrected chi connectivity index (χ4v) is 1.04. The molecule has 1 aromatic rings. The zero-order valence-corrected chi connectivity index (χ0v) is 8.90. The lowest BCUT2D eigenvalue weighted by Crippen LogP contribution is -2.07. The van der Waals surface area contributed by atoms with Crippen LogP contribution in [0.1, 0.15) is 5.56 Å². The van der Waals surface area contributed by atoms with Crippen molar-refractivity contribution in [2.75, 3.05) is 12.5 Å². The summed E-state index contributed by atoms with van der Waals surface area (Å²) in [5, 5.41) is 0. The highest BCUT2D eigenvalue weighted by molar-refractivity contribution is 6.19. The quantitative estimate of drug-likeness (QED) is 0.590. The monoisotopic (exact) mass is 248 g/mol. The third-order valence-corrected chi connectivity index (χ3v) is 1.74. The lowest BCUT2D eigenvalue weighted by Gasteiger charge is -2.05. The maximum Gasteiger partial charge on any atom is 0.272 e. The summed E-state index contributed by atoms with van der Waals surface area (Å²) in [6.45, 7) is -0.758. The van der Waals surface area contributed by atoms with Crippen LogP contribution in [-0.2, 0) is 0 Å². The van der Waals surface area contributed by atoms with E-state index < -0.39 is 18.8 Å². The zero-order chi connectivity index (χ0) is 12.0. The van der Waals surface area contributed by atoms with Gasteiger partial charge in [0.1, 0.15) is 18.2 Å². The Morgan fingerprint density at radius 3 is 2.69 bits per heavy atom. The Kier molecular flexibility index (Phi) is 5.00. The summed E-state index contributed by atoms with van der Waals surface area (Å²) in [7, 11) is 0. The molecule has 1 nitrogen and oxygen atoms in total. The summed E-state index contributed by atoms with van der Waals surface area (Å²) in [6.07, 6.45) is -2.58. The Balaban J connectivity index is 2.74. The number of rotatable bonds is 3. The number of hydrogen-bond donors (Lipinski definition) is 0. The van der Waals surface area contributed by atoms with Gasteiger partial charge in [-0.3, -0.25) is 0 Å². The molecule has 0 bridgehead atoms. The minimum Gasteiger partial charge on any atom is -0.488 e. The fourth-order valence-electron chi connectivity index (χ4n) is 0.975. The van der Waals surface area contributed by atoms with Gasteiger partial charge in [0, 0.05) is 6.07 Å². The average molecular weight is 249 g/mol. The van der Waals surface area contributed by atoms with Crippen molar-refractivity contribution in [2.45, 2.75) is 6.43 Å². The van der Waals surface area contributed by atoms with E-state index in [4.69, 9.17) is 11.6 Å². The first kappa shape index (κ1) is 12.7. The average Bonchev–Trinajstić information content (AvgIpc) is 2.25. The lowest BCUT2D eigenvalue weighted by atomic mass is 10.2. The van der Waals surface area contributed by atoms with E-state index in [2.05, 4.69) is 16.6 Å². The summed E-state index contributed by atoms with van der Waals surface area (Å²) in [5.74, 6) is 4.51. The van der Waals surface area contributed by atoms with Crippen molar-refractivity contribution < 1.29 is 17.9 Å². The van der Waals surface area contributed by atoms with E-state index in [1.165, 1.54) is 12.1 Å². The first-order valence-corrected chi connectivity index (χ1v) is 4.92. The molecule has 86 valence electrons. The van der Waals surface area contributed by atoms with E-state index in [1.54, 1.807) is 0 Å². The summed E-state index contributed by atoms with van der Waals surface area (Å²) >= 11 is 5.32. The number of alkyl halides is 3. The Morgan fingerprint density at radius 1 is 1.38 bits per heavy atom. The third-order valence-electron chi connectivity index (χ3n) is 1.61. The predicted octanol–water partition coefficient (Wildman–Crippen LogP) is 3.06. The highest BCUT2D eigenvalue weighted by atomic mass is 35.5. The maximum absolute atomic E-state index is 13.3. The van der Waals surface area contributed by atoms with Gasteiger partial charge in [-0.2, -0.15) is 0 Å².